The van der Waals surface area contributed by atoms with Crippen LogP contribution in [0.2, 0.25) is 0 Å². The van der Waals surface area contributed by atoms with Crippen LogP contribution in [0.1, 0.15) is 13.8 Å². The molecule has 1 atom stereocenters. The summed E-state index contributed by atoms with van der Waals surface area (Å²) >= 11 is 0. The van der Waals surface area contributed by atoms with Crippen molar-refractivity contribution in [2.24, 2.45) is 0 Å². The van der Waals surface area contributed by atoms with Crippen LogP contribution in [-0.2, 0) is 14.3 Å². The number of nitrogens with zero attached hydrogens (tertiary/aromatic N) is 2. The molecule has 1 aromatic carbocycles. The number of benzene rings is 1. The monoisotopic (exact) mass is 309 g/mol. The molecule has 0 aliphatic carbocycles. The van der Waals surface area contributed by atoms with Crippen LogP contribution in [0.15, 0.2) is 24.3 Å². The molecule has 1 amide bonds. The first-order chi connectivity index (χ1) is 10.3. The Balaban J connectivity index is 2.65. The lowest BCUT2D eigenvalue weighted by Gasteiger charge is -2.22. The van der Waals surface area contributed by atoms with Crippen molar-refractivity contribution in [1.29, 1.82) is 0 Å². The summed E-state index contributed by atoms with van der Waals surface area (Å²) in [4.78, 5) is 35.2. The van der Waals surface area contributed by atoms with Crippen LogP contribution < -0.4 is 5.32 Å². The third-order valence-corrected chi connectivity index (χ3v) is 3.05. The second kappa shape index (κ2) is 8.08. The van der Waals surface area contributed by atoms with E-state index in [9.17, 15) is 19.7 Å². The van der Waals surface area contributed by atoms with E-state index in [2.05, 4.69) is 5.32 Å². The molecule has 120 valence electrons. The minimum absolute atomic E-state index is 0.0165. The van der Waals surface area contributed by atoms with Crippen LogP contribution in [0.5, 0.6) is 0 Å². The van der Waals surface area contributed by atoms with Gasteiger partial charge < -0.3 is 10.1 Å². The molecule has 0 saturated carbocycles. The van der Waals surface area contributed by atoms with Crippen LogP contribution in [0.3, 0.4) is 0 Å². The number of nitrogens with one attached hydrogen (secondary N) is 1. The number of amides is 1. The van der Waals surface area contributed by atoms with Gasteiger partial charge in [0.05, 0.1) is 24.1 Å². The fourth-order valence-electron chi connectivity index (χ4n) is 1.69. The normalized spacial score (nSPS) is 11.8. The maximum absolute atomic E-state index is 12.1. The Morgan fingerprint density at radius 1 is 1.45 bits per heavy atom. The third-order valence-electron chi connectivity index (χ3n) is 3.05. The Hall–Kier alpha value is -2.48. The van der Waals surface area contributed by atoms with Gasteiger partial charge in [-0.2, -0.15) is 0 Å². The van der Waals surface area contributed by atoms with Gasteiger partial charge in [-0.15, -0.1) is 0 Å². The fourth-order valence-corrected chi connectivity index (χ4v) is 1.69. The van der Waals surface area contributed by atoms with E-state index in [0.29, 0.717) is 5.69 Å². The Kier molecular flexibility index (Phi) is 6.46. The molecule has 0 bridgehead atoms. The maximum Gasteiger partial charge on any atom is 0.320 e. The number of carbonyl (C=O) groups is 2. The number of nitro groups is 1. The van der Waals surface area contributed by atoms with Crippen molar-refractivity contribution >= 4 is 23.3 Å². The number of hydrogen-bond donors (Lipinski definition) is 1. The highest BCUT2D eigenvalue weighted by Crippen LogP contribution is 2.17. The second-order valence-electron chi connectivity index (χ2n) is 4.69. The van der Waals surface area contributed by atoms with E-state index in [-0.39, 0.29) is 24.7 Å². The zero-order valence-corrected chi connectivity index (χ0v) is 12.7. The van der Waals surface area contributed by atoms with Gasteiger partial charge >= 0.3 is 5.97 Å². The Morgan fingerprint density at radius 2 is 2.14 bits per heavy atom. The van der Waals surface area contributed by atoms with Crippen LogP contribution >= 0.6 is 0 Å². The summed E-state index contributed by atoms with van der Waals surface area (Å²) in [6.07, 6.45) is 0. The molecule has 1 aromatic rings. The number of likely N-dealkylation sites (N-methyl/N-ethyl adjacent to an activating group) is 1. The number of nitro benzene ring substituents is 1. The molecule has 22 heavy (non-hydrogen) atoms. The number of esters is 1. The van der Waals surface area contributed by atoms with E-state index in [1.807, 2.05) is 0 Å². The van der Waals surface area contributed by atoms with Gasteiger partial charge in [0.25, 0.3) is 5.69 Å². The number of non-ortho nitro benzene ring substituents is 1. The molecular formula is C14H19N3O5. The van der Waals surface area contributed by atoms with E-state index in [1.54, 1.807) is 27.0 Å². The van der Waals surface area contributed by atoms with Crippen LogP contribution in [-0.4, -0.2) is 47.9 Å². The number of carbonyl (C=O) groups excluding carboxylic acids is 2. The zero-order chi connectivity index (χ0) is 16.7. The molecule has 0 aliphatic heterocycles. The van der Waals surface area contributed by atoms with Crippen molar-refractivity contribution in [2.45, 2.75) is 19.9 Å². The molecule has 8 nitrogen and oxygen atoms in total. The van der Waals surface area contributed by atoms with Crippen LogP contribution in [0, 0.1) is 10.1 Å². The number of ether oxygens (including phenoxy) is 1. The molecule has 0 saturated heterocycles. The lowest BCUT2D eigenvalue weighted by molar-refractivity contribution is -0.384. The molecule has 0 fully saturated rings. The predicted molar refractivity (Wildman–Crippen MR) is 80.5 cm³/mol. The van der Waals surface area contributed by atoms with Gasteiger partial charge in [-0.25, -0.2) is 0 Å². The van der Waals surface area contributed by atoms with Gasteiger partial charge in [-0.3, -0.25) is 24.6 Å². The summed E-state index contributed by atoms with van der Waals surface area (Å²) < 4.78 is 4.82. The molecule has 8 heteroatoms. The highest BCUT2D eigenvalue weighted by atomic mass is 16.6. The van der Waals surface area contributed by atoms with E-state index < -0.39 is 16.9 Å². The smallest absolute Gasteiger partial charge is 0.320 e. The van der Waals surface area contributed by atoms with Crippen molar-refractivity contribution in [3.63, 3.8) is 0 Å². The first-order valence-electron chi connectivity index (χ1n) is 6.76. The molecule has 1 N–H and O–H groups in total. The molecule has 0 heterocycles. The van der Waals surface area contributed by atoms with E-state index >= 15 is 0 Å². The lowest BCUT2D eigenvalue weighted by atomic mass is 10.2. The Labute approximate surface area is 128 Å². The standard InChI is InChI=1S/C14H19N3O5/c1-4-22-13(18)9-16(3)10(2)14(19)15-11-6-5-7-12(8-11)17(20)21/h5-8,10H,4,9H2,1-3H3,(H,15,19). The van der Waals surface area contributed by atoms with Gasteiger partial charge in [0.15, 0.2) is 0 Å². The Bertz CT molecular complexity index is 561. The lowest BCUT2D eigenvalue weighted by Crippen LogP contribution is -2.42. The molecule has 1 rings (SSSR count). The van der Waals surface area contributed by atoms with E-state index in [0.717, 1.165) is 0 Å². The Morgan fingerprint density at radius 3 is 2.73 bits per heavy atom. The number of hydrogen-bond acceptors (Lipinski definition) is 6. The second-order valence-corrected chi connectivity index (χ2v) is 4.69. The largest absolute Gasteiger partial charge is 0.465 e. The van der Waals surface area contributed by atoms with Crippen LogP contribution in [0.25, 0.3) is 0 Å². The highest BCUT2D eigenvalue weighted by Gasteiger charge is 2.21. The predicted octanol–water partition coefficient (Wildman–Crippen LogP) is 1.42. The summed E-state index contributed by atoms with van der Waals surface area (Å²) in [6.45, 7) is 3.60. The maximum atomic E-state index is 12.1. The van der Waals surface area contributed by atoms with Gasteiger partial charge in [-0.1, -0.05) is 6.07 Å². The molecule has 0 spiro atoms. The molecule has 1 unspecified atom stereocenters. The van der Waals surface area contributed by atoms with Crippen molar-refractivity contribution in [3.8, 4) is 0 Å². The quantitative estimate of drug-likeness (QED) is 0.464. The SMILES string of the molecule is CCOC(=O)CN(C)C(C)C(=O)Nc1cccc([N+](=O)[O-])c1. The first kappa shape index (κ1) is 17.6. The summed E-state index contributed by atoms with van der Waals surface area (Å²) in [5.41, 5.74) is 0.223. The van der Waals surface area contributed by atoms with E-state index in [1.165, 1.54) is 23.1 Å². The van der Waals surface area contributed by atoms with Crippen LogP contribution in [0.4, 0.5) is 11.4 Å². The molecule has 0 radical (unpaired) electrons. The topological polar surface area (TPSA) is 102 Å². The summed E-state index contributed by atoms with van der Waals surface area (Å²) in [6, 6.07) is 5.06. The summed E-state index contributed by atoms with van der Waals surface area (Å²) in [5, 5.41) is 13.3. The molecule has 0 aromatic heterocycles. The summed E-state index contributed by atoms with van der Waals surface area (Å²) in [5.74, 6) is -0.785. The average molecular weight is 309 g/mol. The van der Waals surface area contributed by atoms with Gasteiger partial charge in [0.1, 0.15) is 0 Å². The third kappa shape index (κ3) is 5.13. The van der Waals surface area contributed by atoms with Gasteiger partial charge in [-0.05, 0) is 27.0 Å². The first-order valence-corrected chi connectivity index (χ1v) is 6.76. The van der Waals surface area contributed by atoms with Crippen molar-refractivity contribution in [3.05, 3.63) is 34.4 Å². The van der Waals surface area contributed by atoms with Gasteiger partial charge in [0.2, 0.25) is 5.91 Å². The van der Waals surface area contributed by atoms with Crippen molar-refractivity contribution < 1.29 is 19.2 Å². The van der Waals surface area contributed by atoms with E-state index in [4.69, 9.17) is 4.74 Å². The highest BCUT2D eigenvalue weighted by molar-refractivity contribution is 5.95. The molecule has 0 aliphatic rings. The number of anilines is 1. The average Bonchev–Trinajstić information content (AvgIpc) is 2.46. The zero-order valence-electron chi connectivity index (χ0n) is 12.7. The van der Waals surface area contributed by atoms with Gasteiger partial charge in [0, 0.05) is 17.8 Å². The minimum Gasteiger partial charge on any atom is -0.465 e. The van der Waals surface area contributed by atoms with Crippen molar-refractivity contribution in [2.75, 3.05) is 25.5 Å². The molecular weight excluding hydrogens is 290 g/mol. The minimum atomic E-state index is -0.594. The number of rotatable bonds is 7. The fraction of sp³-hybridized carbons (Fsp3) is 0.429. The van der Waals surface area contributed by atoms with Crippen molar-refractivity contribution in [1.82, 2.24) is 4.90 Å². The summed E-state index contributed by atoms with van der Waals surface area (Å²) in [7, 11) is 1.62.